The molecule has 0 saturated carbocycles. The van der Waals surface area contributed by atoms with Gasteiger partial charge in [-0.3, -0.25) is 0 Å². The number of para-hydroxylation sites is 2. The van der Waals surface area contributed by atoms with Crippen molar-refractivity contribution in [1.29, 1.82) is 0 Å². The molecule has 10 aromatic rings. The molecule has 0 spiro atoms. The Bertz CT molecular complexity index is 3380. The van der Waals surface area contributed by atoms with E-state index in [0.29, 0.717) is 44.1 Å². The van der Waals surface area contributed by atoms with Crippen molar-refractivity contribution >= 4 is 54.5 Å². The maximum absolute atomic E-state index is 8.78. The molecule has 0 amide bonds. The van der Waals surface area contributed by atoms with Gasteiger partial charge >= 0.3 is 0 Å². The Morgan fingerprint density at radius 2 is 1.25 bits per heavy atom. The monoisotopic (exact) mass is 626 g/mol. The molecule has 7 aromatic carbocycles. The number of rotatable bonds is 4. The molecule has 3 aromatic heterocycles. The minimum Gasteiger partial charge on any atom is -0.456 e. The van der Waals surface area contributed by atoms with Gasteiger partial charge in [0.15, 0.2) is 17.5 Å². The Labute approximate surface area is 287 Å². The number of furan rings is 1. The SMILES string of the molecule is [2H]c1c([2H])c([2H])c(-c2nc(-c3ccc4ccc5ccc6nn(-c7c([2H])c([2H])c([2H])c([2H])c7[2H])nc6c5c4c3)nc(-c3cccc4oc5ccccc5c34)n2)c([2H])c1[2H]. The lowest BCUT2D eigenvalue weighted by Gasteiger charge is -2.11. The summed E-state index contributed by atoms with van der Waals surface area (Å²) in [5.41, 5.74) is 2.80. The molecule has 0 fully saturated rings. The number of aromatic nitrogens is 6. The van der Waals surface area contributed by atoms with Crippen LogP contribution in [0.1, 0.15) is 13.7 Å². The normalized spacial score (nSPS) is 14.7. The van der Waals surface area contributed by atoms with Crippen LogP contribution < -0.4 is 0 Å². The van der Waals surface area contributed by atoms with E-state index in [4.69, 9.17) is 38.2 Å². The largest absolute Gasteiger partial charge is 0.456 e. The van der Waals surface area contributed by atoms with Crippen LogP contribution in [-0.2, 0) is 0 Å². The molecular weight excluding hydrogens is 592 g/mol. The molecule has 0 aliphatic rings. The van der Waals surface area contributed by atoms with E-state index in [2.05, 4.69) is 5.10 Å². The van der Waals surface area contributed by atoms with Crippen molar-refractivity contribution in [2.24, 2.45) is 0 Å². The van der Waals surface area contributed by atoms with E-state index in [1.54, 1.807) is 12.1 Å². The lowest BCUT2D eigenvalue weighted by Crippen LogP contribution is -2.00. The van der Waals surface area contributed by atoms with Crippen LogP contribution >= 0.6 is 0 Å². The third-order valence-electron chi connectivity index (χ3n) is 8.30. The molecule has 0 radical (unpaired) electrons. The second kappa shape index (κ2) is 10.4. The first-order chi connectivity index (χ1) is 27.9. The van der Waals surface area contributed by atoms with Crippen molar-refractivity contribution in [3.8, 4) is 39.9 Å². The van der Waals surface area contributed by atoms with Crippen molar-refractivity contribution in [2.75, 3.05) is 0 Å². The number of nitrogens with zero attached hydrogens (tertiary/aromatic N) is 6. The Hall–Kier alpha value is -6.73. The molecule has 10 rings (SSSR count). The van der Waals surface area contributed by atoms with Crippen LogP contribution in [0, 0.1) is 0 Å². The minimum atomic E-state index is -0.542. The topological polar surface area (TPSA) is 82.5 Å². The Balaban J connectivity index is 1.24. The summed E-state index contributed by atoms with van der Waals surface area (Å²) in [6.45, 7) is 0. The van der Waals surface area contributed by atoms with E-state index < -0.39 is 60.4 Å². The average Bonchev–Trinajstić information content (AvgIpc) is 3.85. The summed E-state index contributed by atoms with van der Waals surface area (Å²) in [6.07, 6.45) is 0. The summed E-state index contributed by atoms with van der Waals surface area (Å²) in [5.74, 6) is 0.222. The number of benzene rings is 7. The molecule has 224 valence electrons. The summed E-state index contributed by atoms with van der Waals surface area (Å²) in [7, 11) is 0. The van der Waals surface area contributed by atoms with Crippen LogP contribution in [0.5, 0.6) is 0 Å². The summed E-state index contributed by atoms with van der Waals surface area (Å²) in [5, 5.41) is 13.8. The van der Waals surface area contributed by atoms with Crippen molar-refractivity contribution in [1.82, 2.24) is 29.9 Å². The Kier molecular flexibility index (Phi) is 3.99. The molecule has 0 atom stereocenters. The zero-order valence-corrected chi connectivity index (χ0v) is 24.7. The van der Waals surface area contributed by atoms with Crippen LogP contribution in [0.25, 0.3) is 94.4 Å². The fraction of sp³-hybridized carbons (Fsp3) is 0. The molecule has 0 unspecified atom stereocenters. The van der Waals surface area contributed by atoms with Gasteiger partial charge in [-0.05, 0) is 52.5 Å². The van der Waals surface area contributed by atoms with E-state index in [9.17, 15) is 0 Å². The van der Waals surface area contributed by atoms with Gasteiger partial charge in [-0.15, -0.1) is 10.2 Å². The fourth-order valence-corrected chi connectivity index (χ4v) is 6.16. The molecule has 0 saturated heterocycles. The van der Waals surface area contributed by atoms with Crippen molar-refractivity contribution in [2.45, 2.75) is 0 Å². The van der Waals surface area contributed by atoms with Gasteiger partial charge in [0.25, 0.3) is 0 Å². The number of hydrogen-bond donors (Lipinski definition) is 0. The highest BCUT2D eigenvalue weighted by Gasteiger charge is 2.18. The zero-order chi connectivity index (χ0) is 40.3. The molecular formula is C41H24N6O. The molecule has 0 N–H and O–H groups in total. The summed E-state index contributed by atoms with van der Waals surface area (Å²) in [4.78, 5) is 15.5. The Morgan fingerprint density at radius 1 is 0.542 bits per heavy atom. The van der Waals surface area contributed by atoms with Gasteiger partial charge in [-0.2, -0.15) is 4.80 Å². The first-order valence-corrected chi connectivity index (χ1v) is 15.0. The van der Waals surface area contributed by atoms with E-state index in [1.807, 2.05) is 72.8 Å². The van der Waals surface area contributed by atoms with Crippen LogP contribution in [-0.4, -0.2) is 29.9 Å². The van der Waals surface area contributed by atoms with Gasteiger partial charge in [0.05, 0.1) is 19.4 Å². The van der Waals surface area contributed by atoms with Crippen molar-refractivity contribution < 1.29 is 18.1 Å². The number of fused-ring (bicyclic) bond motifs is 8. The first kappa shape index (κ1) is 18.4. The highest BCUT2D eigenvalue weighted by Crippen LogP contribution is 2.37. The van der Waals surface area contributed by atoms with Crippen molar-refractivity contribution in [3.05, 3.63) is 145 Å². The maximum atomic E-state index is 8.78. The van der Waals surface area contributed by atoms with Crippen LogP contribution in [0.4, 0.5) is 0 Å². The molecule has 3 heterocycles. The van der Waals surface area contributed by atoms with Gasteiger partial charge in [0.2, 0.25) is 0 Å². The number of hydrogen-bond acceptors (Lipinski definition) is 6. The molecule has 0 aliphatic carbocycles. The molecule has 7 nitrogen and oxygen atoms in total. The van der Waals surface area contributed by atoms with E-state index >= 15 is 0 Å². The summed E-state index contributed by atoms with van der Waals surface area (Å²) >= 11 is 0. The maximum Gasteiger partial charge on any atom is 0.164 e. The second-order valence-corrected chi connectivity index (χ2v) is 11.1. The van der Waals surface area contributed by atoms with Gasteiger partial charge in [0.1, 0.15) is 22.2 Å². The molecule has 7 heteroatoms. The Morgan fingerprint density at radius 3 is 2.12 bits per heavy atom. The predicted molar refractivity (Wildman–Crippen MR) is 191 cm³/mol. The summed E-state index contributed by atoms with van der Waals surface area (Å²) in [6, 6.07) is 21.1. The fourth-order valence-electron chi connectivity index (χ4n) is 6.16. The van der Waals surface area contributed by atoms with Crippen LogP contribution in [0.15, 0.2) is 150 Å². The quantitative estimate of drug-likeness (QED) is 0.181. The smallest absolute Gasteiger partial charge is 0.164 e. The third kappa shape index (κ3) is 4.18. The second-order valence-electron chi connectivity index (χ2n) is 11.1. The van der Waals surface area contributed by atoms with Crippen molar-refractivity contribution in [3.63, 3.8) is 0 Å². The van der Waals surface area contributed by atoms with Gasteiger partial charge in [-0.25, -0.2) is 15.0 Å². The lowest BCUT2D eigenvalue weighted by atomic mass is 9.98. The third-order valence-corrected chi connectivity index (χ3v) is 8.30. The van der Waals surface area contributed by atoms with E-state index in [-0.39, 0.29) is 28.7 Å². The highest BCUT2D eigenvalue weighted by molar-refractivity contribution is 6.19. The minimum absolute atomic E-state index is 0.122. The zero-order valence-electron chi connectivity index (χ0n) is 34.7. The molecule has 0 bridgehead atoms. The average molecular weight is 627 g/mol. The van der Waals surface area contributed by atoms with Gasteiger partial charge in [0, 0.05) is 32.8 Å². The van der Waals surface area contributed by atoms with Crippen LogP contribution in [0.3, 0.4) is 0 Å². The van der Waals surface area contributed by atoms with E-state index in [0.717, 1.165) is 26.3 Å². The van der Waals surface area contributed by atoms with Gasteiger partial charge < -0.3 is 4.42 Å². The summed E-state index contributed by atoms with van der Waals surface area (Å²) < 4.78 is 90.1. The lowest BCUT2D eigenvalue weighted by molar-refractivity contribution is 0.669. The molecule has 0 aliphatic heterocycles. The van der Waals surface area contributed by atoms with E-state index in [1.165, 1.54) is 0 Å². The predicted octanol–water partition coefficient (Wildman–Crippen LogP) is 9.81. The first-order valence-electron chi connectivity index (χ1n) is 20.0. The highest BCUT2D eigenvalue weighted by atomic mass is 16.3. The van der Waals surface area contributed by atoms with Crippen LogP contribution in [0.2, 0.25) is 0 Å². The van der Waals surface area contributed by atoms with Gasteiger partial charge in [-0.1, -0.05) is 109 Å². The molecule has 48 heavy (non-hydrogen) atoms. The standard InChI is InChI=1S/C41H24N6O/c1-3-10-27(11-4-1)39-42-40(44-41(43-39)31-15-9-17-35-37(31)30-14-7-8-16-34(30)48-35)28-21-19-25-18-20-26-22-23-33-38(36(26)32(25)24-28)46-47(45-33)29-12-5-2-6-13-29/h1-24H/i1D,2D,3D,4D,5D,6D,10D,11D,12D,13D.